The Labute approximate surface area is 72.9 Å². The quantitative estimate of drug-likeness (QED) is 0.557. The maximum Gasteiger partial charge on any atom is 0.146 e. The molecule has 0 unspecified atom stereocenters. The van der Waals surface area contributed by atoms with Gasteiger partial charge in [-0.05, 0) is 22.0 Å². The van der Waals surface area contributed by atoms with Gasteiger partial charge >= 0.3 is 0 Å². The summed E-state index contributed by atoms with van der Waals surface area (Å²) in [7, 11) is 1.50. The summed E-state index contributed by atoms with van der Waals surface area (Å²) in [4.78, 5) is 0. The zero-order chi connectivity index (χ0) is 8.43. The van der Waals surface area contributed by atoms with E-state index in [4.69, 9.17) is 15.6 Å². The number of halogens is 1. The number of benzene rings is 1. The van der Waals surface area contributed by atoms with Crippen molar-refractivity contribution in [2.75, 3.05) is 12.8 Å². The summed E-state index contributed by atoms with van der Waals surface area (Å²) in [5, 5.41) is 9.08. The molecule has 60 valence electrons. The Balaban J connectivity index is 3.24. The van der Waals surface area contributed by atoms with Crippen LogP contribution in [-0.4, -0.2) is 12.2 Å². The molecule has 0 spiro atoms. The fourth-order valence-corrected chi connectivity index (χ4v) is 1.18. The van der Waals surface area contributed by atoms with Crippen molar-refractivity contribution >= 4 is 21.6 Å². The molecule has 4 heteroatoms. The van der Waals surface area contributed by atoms with Gasteiger partial charge < -0.3 is 15.6 Å². The lowest BCUT2D eigenvalue weighted by atomic mass is 10.3. The van der Waals surface area contributed by atoms with Gasteiger partial charge in [-0.15, -0.1) is 0 Å². The molecule has 0 saturated carbocycles. The third-order valence-corrected chi connectivity index (χ3v) is 1.95. The highest BCUT2D eigenvalue weighted by Crippen LogP contribution is 2.33. The molecule has 0 aliphatic rings. The molecule has 3 nitrogen and oxygen atoms in total. The number of anilines is 1. The van der Waals surface area contributed by atoms with E-state index in [9.17, 15) is 0 Å². The number of aromatic hydroxyl groups is 1. The number of rotatable bonds is 1. The molecule has 3 N–H and O–H groups in total. The van der Waals surface area contributed by atoms with Gasteiger partial charge in [0.05, 0.1) is 12.8 Å². The van der Waals surface area contributed by atoms with Crippen LogP contribution in [0.4, 0.5) is 5.69 Å². The van der Waals surface area contributed by atoms with E-state index in [1.807, 2.05) is 0 Å². The second-order valence-electron chi connectivity index (χ2n) is 2.04. The second kappa shape index (κ2) is 3.00. The predicted molar refractivity (Wildman–Crippen MR) is 46.8 cm³/mol. The highest BCUT2D eigenvalue weighted by molar-refractivity contribution is 9.10. The molecule has 0 aromatic heterocycles. The molecule has 11 heavy (non-hydrogen) atoms. The summed E-state index contributed by atoms with van der Waals surface area (Å²) in [6.07, 6.45) is 0. The summed E-state index contributed by atoms with van der Waals surface area (Å²) in [5.41, 5.74) is 6.07. The van der Waals surface area contributed by atoms with Crippen molar-refractivity contribution in [2.24, 2.45) is 0 Å². The third-order valence-electron chi connectivity index (χ3n) is 1.30. The molecule has 0 bridgehead atoms. The standard InChI is InChI=1S/C7H8BrNO2/c1-11-6-3-4(10)2-5(8)7(6)9/h2-3,10H,9H2,1H3. The SMILES string of the molecule is COc1cc(O)cc(Br)c1N. The maximum atomic E-state index is 9.08. The van der Waals surface area contributed by atoms with Gasteiger partial charge in [0.15, 0.2) is 0 Å². The van der Waals surface area contributed by atoms with Crippen molar-refractivity contribution in [3.05, 3.63) is 16.6 Å². The fraction of sp³-hybridized carbons (Fsp3) is 0.143. The number of nitrogen functional groups attached to an aromatic ring is 1. The third kappa shape index (κ3) is 1.57. The molecule has 0 saturated heterocycles. The van der Waals surface area contributed by atoms with E-state index < -0.39 is 0 Å². The molecular formula is C7H8BrNO2. The molecule has 0 fully saturated rings. The summed E-state index contributed by atoms with van der Waals surface area (Å²) in [6, 6.07) is 2.97. The van der Waals surface area contributed by atoms with Gasteiger partial charge in [0.25, 0.3) is 0 Å². The van der Waals surface area contributed by atoms with Crippen LogP contribution in [0.2, 0.25) is 0 Å². The van der Waals surface area contributed by atoms with Gasteiger partial charge in [0.1, 0.15) is 11.5 Å². The van der Waals surface area contributed by atoms with Crippen molar-refractivity contribution in [1.29, 1.82) is 0 Å². The largest absolute Gasteiger partial charge is 0.508 e. The minimum absolute atomic E-state index is 0.128. The van der Waals surface area contributed by atoms with E-state index in [-0.39, 0.29) is 5.75 Å². The van der Waals surface area contributed by atoms with Crippen LogP contribution in [-0.2, 0) is 0 Å². The van der Waals surface area contributed by atoms with Gasteiger partial charge in [-0.2, -0.15) is 0 Å². The van der Waals surface area contributed by atoms with Crippen LogP contribution in [0.25, 0.3) is 0 Å². The zero-order valence-electron chi connectivity index (χ0n) is 5.97. The van der Waals surface area contributed by atoms with Crippen LogP contribution in [0, 0.1) is 0 Å². The van der Waals surface area contributed by atoms with Gasteiger partial charge in [0.2, 0.25) is 0 Å². The first kappa shape index (κ1) is 8.20. The number of hydrogen-bond donors (Lipinski definition) is 2. The minimum Gasteiger partial charge on any atom is -0.508 e. The summed E-state index contributed by atoms with van der Waals surface area (Å²) >= 11 is 3.17. The monoisotopic (exact) mass is 217 g/mol. The molecule has 0 aliphatic carbocycles. The van der Waals surface area contributed by atoms with Crippen LogP contribution in [0.15, 0.2) is 16.6 Å². The van der Waals surface area contributed by atoms with Crippen LogP contribution in [0.5, 0.6) is 11.5 Å². The fourth-order valence-electron chi connectivity index (χ4n) is 0.748. The lowest BCUT2D eigenvalue weighted by molar-refractivity contribution is 0.409. The van der Waals surface area contributed by atoms with E-state index >= 15 is 0 Å². The van der Waals surface area contributed by atoms with E-state index in [1.165, 1.54) is 19.2 Å². The smallest absolute Gasteiger partial charge is 0.146 e. The van der Waals surface area contributed by atoms with Crippen molar-refractivity contribution in [2.45, 2.75) is 0 Å². The number of methoxy groups -OCH3 is 1. The Bertz CT molecular complexity index is 275. The topological polar surface area (TPSA) is 55.5 Å². The molecule has 0 heterocycles. The Kier molecular flexibility index (Phi) is 2.24. The molecule has 0 aliphatic heterocycles. The molecule has 0 amide bonds. The van der Waals surface area contributed by atoms with Gasteiger partial charge in [0, 0.05) is 10.5 Å². The van der Waals surface area contributed by atoms with Crippen molar-refractivity contribution < 1.29 is 9.84 Å². The Morgan fingerprint density at radius 1 is 1.55 bits per heavy atom. The van der Waals surface area contributed by atoms with Crippen LogP contribution in [0.1, 0.15) is 0 Å². The number of hydrogen-bond acceptors (Lipinski definition) is 3. The number of phenolic OH excluding ortho intramolecular Hbond substituents is 1. The first-order chi connectivity index (χ1) is 5.15. The number of phenols is 1. The molecule has 0 radical (unpaired) electrons. The van der Waals surface area contributed by atoms with Crippen LogP contribution >= 0.6 is 15.9 Å². The van der Waals surface area contributed by atoms with Gasteiger partial charge in [-0.1, -0.05) is 0 Å². The average molecular weight is 218 g/mol. The number of nitrogens with two attached hydrogens (primary N) is 1. The first-order valence-corrected chi connectivity index (χ1v) is 3.76. The molecule has 1 rings (SSSR count). The Morgan fingerprint density at radius 2 is 2.18 bits per heavy atom. The average Bonchev–Trinajstić information content (AvgIpc) is 1.96. The molecule has 1 aromatic carbocycles. The highest BCUT2D eigenvalue weighted by atomic mass is 79.9. The Hall–Kier alpha value is -0.900. The molecular weight excluding hydrogens is 210 g/mol. The predicted octanol–water partition coefficient (Wildman–Crippen LogP) is 1.75. The zero-order valence-corrected chi connectivity index (χ0v) is 7.55. The minimum atomic E-state index is 0.128. The van der Waals surface area contributed by atoms with E-state index in [1.54, 1.807) is 0 Å². The molecule has 0 atom stereocenters. The van der Waals surface area contributed by atoms with Crippen molar-refractivity contribution in [3.8, 4) is 11.5 Å². The van der Waals surface area contributed by atoms with E-state index in [0.29, 0.717) is 15.9 Å². The Morgan fingerprint density at radius 3 is 2.73 bits per heavy atom. The lowest BCUT2D eigenvalue weighted by Crippen LogP contribution is -1.92. The van der Waals surface area contributed by atoms with E-state index in [2.05, 4.69) is 15.9 Å². The van der Waals surface area contributed by atoms with Crippen LogP contribution in [0.3, 0.4) is 0 Å². The first-order valence-electron chi connectivity index (χ1n) is 2.97. The lowest BCUT2D eigenvalue weighted by Gasteiger charge is -2.05. The summed E-state index contributed by atoms with van der Waals surface area (Å²) in [6.45, 7) is 0. The van der Waals surface area contributed by atoms with Crippen LogP contribution < -0.4 is 10.5 Å². The van der Waals surface area contributed by atoms with Crippen molar-refractivity contribution in [3.63, 3.8) is 0 Å². The second-order valence-corrected chi connectivity index (χ2v) is 2.90. The molecule has 1 aromatic rings. The van der Waals surface area contributed by atoms with E-state index in [0.717, 1.165) is 0 Å². The van der Waals surface area contributed by atoms with Gasteiger partial charge in [-0.3, -0.25) is 0 Å². The summed E-state index contributed by atoms with van der Waals surface area (Å²) < 4.78 is 5.53. The summed E-state index contributed by atoms with van der Waals surface area (Å²) in [5.74, 6) is 0.597. The highest BCUT2D eigenvalue weighted by Gasteiger charge is 2.04. The van der Waals surface area contributed by atoms with Gasteiger partial charge in [-0.25, -0.2) is 0 Å². The normalized spacial score (nSPS) is 9.64. The maximum absolute atomic E-state index is 9.08. The van der Waals surface area contributed by atoms with Crippen molar-refractivity contribution in [1.82, 2.24) is 0 Å². The number of ether oxygens (including phenoxy) is 1.